The fraction of sp³-hybridized carbons (Fsp3) is 0.417. The first kappa shape index (κ1) is 43.0. The molecule has 0 radical (unpaired) electrons. The first-order valence-corrected chi connectivity index (χ1v) is 20.5. The van der Waals surface area contributed by atoms with Crippen molar-refractivity contribution in [3.63, 3.8) is 0 Å². The summed E-state index contributed by atoms with van der Waals surface area (Å²) in [7, 11) is 0. The molecule has 3 aromatic carbocycles. The van der Waals surface area contributed by atoms with Crippen molar-refractivity contribution in [1.82, 2.24) is 4.98 Å². The summed E-state index contributed by atoms with van der Waals surface area (Å²) in [4.78, 5) is 29.5. The Morgan fingerprint density at radius 2 is 1.74 bits per heavy atom. The lowest BCUT2D eigenvalue weighted by atomic mass is 9.81. The van der Waals surface area contributed by atoms with Crippen LogP contribution in [0.4, 0.5) is 0 Å². The third-order valence-corrected chi connectivity index (χ3v) is 10.8. The maximum atomic E-state index is 13.7. The van der Waals surface area contributed by atoms with Crippen molar-refractivity contribution >= 4 is 11.6 Å². The van der Waals surface area contributed by atoms with Crippen molar-refractivity contribution < 1.29 is 29.6 Å². The number of H-pyrrole nitrogens is 1. The summed E-state index contributed by atoms with van der Waals surface area (Å²) < 4.78 is 6.05. The molecule has 8 N–H and O–H groups in total. The molecule has 9 nitrogen and oxygen atoms in total. The van der Waals surface area contributed by atoms with E-state index in [4.69, 9.17) is 16.2 Å². The SMILES string of the molecule is CCCCC[C@H](CCC/C=C/C(=O)CCc1ccc(O)c(OCCc2ccc(O)c([C@H]3CC(=O)c4cc[nH]c4CC#Cc4cc(C(N)N)ccc43)c2)c1)C[C@H](C)O. The summed E-state index contributed by atoms with van der Waals surface area (Å²) >= 11 is 0. The fourth-order valence-electron chi connectivity index (χ4n) is 7.70. The number of nitrogens with one attached hydrogen (secondary N) is 1. The number of nitrogens with two attached hydrogens (primary N) is 2. The molecule has 0 amide bonds. The van der Waals surface area contributed by atoms with E-state index in [1.54, 1.807) is 42.6 Å². The van der Waals surface area contributed by atoms with Crippen molar-refractivity contribution in [3.05, 3.63) is 124 Å². The van der Waals surface area contributed by atoms with Crippen molar-refractivity contribution in [3.8, 4) is 29.1 Å². The molecular formula is C48H59N3O6. The maximum Gasteiger partial charge on any atom is 0.165 e. The second kappa shape index (κ2) is 21.4. The molecular weight excluding hydrogens is 715 g/mol. The number of aliphatic hydroxyl groups is 1. The molecule has 0 aliphatic heterocycles. The highest BCUT2D eigenvalue weighted by molar-refractivity contribution is 5.98. The Morgan fingerprint density at radius 1 is 0.965 bits per heavy atom. The number of fused-ring (bicyclic) bond motifs is 2. The molecule has 4 aromatic rings. The number of allylic oxidation sites excluding steroid dienone is 2. The van der Waals surface area contributed by atoms with E-state index in [0.717, 1.165) is 60.1 Å². The molecule has 9 heteroatoms. The number of benzene rings is 3. The number of aromatic hydroxyl groups is 2. The molecule has 1 aromatic heterocycles. The van der Waals surface area contributed by atoms with Crippen LogP contribution in [0, 0.1) is 17.8 Å². The Kier molecular flexibility index (Phi) is 16.1. The Balaban J connectivity index is 1.20. The number of carbonyl (C=O) groups is 2. The van der Waals surface area contributed by atoms with E-state index in [0.29, 0.717) is 54.0 Å². The van der Waals surface area contributed by atoms with Gasteiger partial charge in [-0.3, -0.25) is 9.59 Å². The number of ether oxygens (including phenoxy) is 1. The molecule has 1 heterocycles. The standard InChI is InChI=1S/C48H59N3O6/c1-3-4-6-10-33(27-32(2)52)11-7-5-8-13-38(53)19-15-34-17-22-45(55)47(29-34)57-26-24-35-16-21-44(54)42(28-35)41-31-46(56)40-23-25-51-43(40)14-9-12-36-30-37(48(49)50)18-20-39(36)41/h8,13,16-18,20-23,25,28-30,32-33,41,48,51-52,54-55H,3-7,10-11,14-15,19,24,26-27,31,49-50H2,1-2H3/b13-8+/t32-,33+,41-/m0/s1. The van der Waals surface area contributed by atoms with Crippen molar-refractivity contribution in [2.45, 2.75) is 116 Å². The quantitative estimate of drug-likeness (QED) is 0.0225. The van der Waals surface area contributed by atoms with Crippen LogP contribution >= 0.6 is 0 Å². The molecule has 5 rings (SSSR count). The molecule has 1 aliphatic carbocycles. The van der Waals surface area contributed by atoms with Gasteiger partial charge in [0.15, 0.2) is 23.1 Å². The van der Waals surface area contributed by atoms with Gasteiger partial charge in [-0.25, -0.2) is 0 Å². The number of phenolic OH excluding ortho intramolecular Hbond substituents is 2. The zero-order valence-electron chi connectivity index (χ0n) is 33.4. The first-order chi connectivity index (χ1) is 27.5. The lowest BCUT2D eigenvalue weighted by molar-refractivity contribution is -0.114. The fourth-order valence-corrected chi connectivity index (χ4v) is 7.70. The molecule has 57 heavy (non-hydrogen) atoms. The van der Waals surface area contributed by atoms with Gasteiger partial charge >= 0.3 is 0 Å². The molecule has 3 atom stereocenters. The molecule has 0 bridgehead atoms. The number of aryl methyl sites for hydroxylation is 1. The number of hydrogen-bond donors (Lipinski definition) is 6. The van der Waals surface area contributed by atoms with Gasteiger partial charge in [0.05, 0.1) is 25.3 Å². The predicted molar refractivity (Wildman–Crippen MR) is 225 cm³/mol. The van der Waals surface area contributed by atoms with Crippen LogP contribution in [-0.4, -0.2) is 44.6 Å². The van der Waals surface area contributed by atoms with Crippen LogP contribution in [-0.2, 0) is 24.1 Å². The number of aromatic amines is 1. The summed E-state index contributed by atoms with van der Waals surface area (Å²) in [5.74, 6) is 6.89. The monoisotopic (exact) mass is 773 g/mol. The van der Waals surface area contributed by atoms with Gasteiger partial charge in [0, 0.05) is 53.8 Å². The zero-order valence-corrected chi connectivity index (χ0v) is 33.4. The van der Waals surface area contributed by atoms with Crippen LogP contribution in [0.15, 0.2) is 79.0 Å². The number of carbonyl (C=O) groups excluding carboxylic acids is 2. The largest absolute Gasteiger partial charge is 0.508 e. The van der Waals surface area contributed by atoms with Gasteiger partial charge in [0.1, 0.15) is 5.75 Å². The zero-order chi connectivity index (χ0) is 40.7. The third kappa shape index (κ3) is 12.7. The van der Waals surface area contributed by atoms with E-state index in [2.05, 4.69) is 23.7 Å². The van der Waals surface area contributed by atoms with E-state index in [-0.39, 0.29) is 42.2 Å². The van der Waals surface area contributed by atoms with Crippen molar-refractivity contribution in [1.29, 1.82) is 0 Å². The Labute approximate surface area is 337 Å². The van der Waals surface area contributed by atoms with Gasteiger partial charge in [-0.1, -0.05) is 87.3 Å². The number of aromatic nitrogens is 1. The molecule has 0 fully saturated rings. The molecule has 0 spiro atoms. The average Bonchev–Trinajstić information content (AvgIpc) is 3.66. The van der Waals surface area contributed by atoms with E-state index in [1.807, 2.05) is 43.3 Å². The highest BCUT2D eigenvalue weighted by Gasteiger charge is 2.27. The smallest absolute Gasteiger partial charge is 0.165 e. The molecule has 0 unspecified atom stereocenters. The first-order valence-electron chi connectivity index (χ1n) is 20.5. The molecule has 1 aliphatic rings. The number of phenols is 2. The van der Waals surface area contributed by atoms with Crippen molar-refractivity contribution in [2.75, 3.05) is 6.61 Å². The van der Waals surface area contributed by atoms with Gasteiger partial charge in [-0.2, -0.15) is 0 Å². The minimum atomic E-state index is -0.689. The number of ketones is 2. The van der Waals surface area contributed by atoms with Gasteiger partial charge in [0.2, 0.25) is 0 Å². The lowest BCUT2D eigenvalue weighted by Gasteiger charge is -2.22. The van der Waals surface area contributed by atoms with Gasteiger partial charge in [-0.15, -0.1) is 0 Å². The summed E-state index contributed by atoms with van der Waals surface area (Å²) in [6.45, 7) is 4.31. The number of aliphatic hydroxyl groups excluding tert-OH is 1. The lowest BCUT2D eigenvalue weighted by Crippen LogP contribution is -2.20. The van der Waals surface area contributed by atoms with E-state index >= 15 is 0 Å². The Hall–Kier alpha value is -5.14. The summed E-state index contributed by atoms with van der Waals surface area (Å²) in [6, 6.07) is 17.9. The molecule has 0 saturated carbocycles. The number of rotatable bonds is 20. The highest BCUT2D eigenvalue weighted by Crippen LogP contribution is 2.38. The number of Topliss-reactive ketones (excluding diaryl/α,β-unsaturated/α-hetero) is 1. The number of unbranched alkanes of at least 4 members (excludes halogenated alkanes) is 3. The summed E-state index contributed by atoms with van der Waals surface area (Å²) in [5.41, 5.74) is 17.9. The van der Waals surface area contributed by atoms with Crippen LogP contribution in [0.5, 0.6) is 17.2 Å². The Bertz CT molecular complexity index is 2050. The van der Waals surface area contributed by atoms with Gasteiger partial charge in [-0.05, 0) is 97.2 Å². The average molecular weight is 774 g/mol. The number of hydrogen-bond acceptors (Lipinski definition) is 8. The van der Waals surface area contributed by atoms with Crippen LogP contribution in [0.3, 0.4) is 0 Å². The second-order valence-electron chi connectivity index (χ2n) is 15.4. The predicted octanol–water partition coefficient (Wildman–Crippen LogP) is 8.47. The van der Waals surface area contributed by atoms with Crippen LogP contribution in [0.1, 0.15) is 140 Å². The van der Waals surface area contributed by atoms with E-state index in [1.165, 1.54) is 19.3 Å². The minimum absolute atomic E-state index is 0.0124. The molecule has 302 valence electrons. The second-order valence-corrected chi connectivity index (χ2v) is 15.4. The molecule has 0 saturated heterocycles. The van der Waals surface area contributed by atoms with Gasteiger partial charge < -0.3 is 36.5 Å². The summed E-state index contributed by atoms with van der Waals surface area (Å²) in [6.07, 6.45) is 14.8. The normalized spacial score (nSPS) is 15.1. The minimum Gasteiger partial charge on any atom is -0.508 e. The topological polar surface area (TPSA) is 172 Å². The van der Waals surface area contributed by atoms with Gasteiger partial charge in [0.25, 0.3) is 0 Å². The van der Waals surface area contributed by atoms with Crippen LogP contribution < -0.4 is 16.2 Å². The van der Waals surface area contributed by atoms with Crippen LogP contribution in [0.2, 0.25) is 0 Å². The summed E-state index contributed by atoms with van der Waals surface area (Å²) in [5, 5.41) is 31.7. The van der Waals surface area contributed by atoms with Crippen LogP contribution in [0.25, 0.3) is 0 Å². The van der Waals surface area contributed by atoms with E-state index in [9.17, 15) is 24.9 Å². The third-order valence-electron chi connectivity index (χ3n) is 10.8. The van der Waals surface area contributed by atoms with E-state index < -0.39 is 12.1 Å². The highest BCUT2D eigenvalue weighted by atomic mass is 16.5. The maximum absolute atomic E-state index is 13.7. The Morgan fingerprint density at radius 3 is 2.51 bits per heavy atom. The van der Waals surface area contributed by atoms with Crippen molar-refractivity contribution in [2.24, 2.45) is 17.4 Å².